The molecule has 0 N–H and O–H groups in total. The lowest BCUT2D eigenvalue weighted by Crippen LogP contribution is -2.27. The Morgan fingerprint density at radius 3 is 2.38 bits per heavy atom. The summed E-state index contributed by atoms with van der Waals surface area (Å²) in [6.07, 6.45) is 1.01. The van der Waals surface area contributed by atoms with Crippen LogP contribution in [0.2, 0.25) is 0 Å². The molecule has 0 heterocycles. The van der Waals surface area contributed by atoms with Gasteiger partial charge in [-0.3, -0.25) is 9.59 Å². The zero-order chi connectivity index (χ0) is 19.6. The summed E-state index contributed by atoms with van der Waals surface area (Å²) in [5.41, 5.74) is 9.06. The zero-order valence-corrected chi connectivity index (χ0v) is 15.8. The highest BCUT2D eigenvalue weighted by Gasteiger charge is 2.27. The maximum Gasteiger partial charge on any atom is 0.311 e. The van der Waals surface area contributed by atoms with E-state index < -0.39 is 23.3 Å². The molecule has 0 bridgehead atoms. The van der Waals surface area contributed by atoms with Gasteiger partial charge in [0.1, 0.15) is 13.2 Å². The number of rotatable bonds is 10. The van der Waals surface area contributed by atoms with Crippen molar-refractivity contribution in [1.82, 2.24) is 0 Å². The Morgan fingerprint density at radius 1 is 1.19 bits per heavy atom. The highest BCUT2D eigenvalue weighted by molar-refractivity contribution is 5.75. The first-order valence-corrected chi connectivity index (χ1v) is 8.74. The van der Waals surface area contributed by atoms with Crippen LogP contribution in [0.3, 0.4) is 0 Å². The summed E-state index contributed by atoms with van der Waals surface area (Å²) in [5, 5.41) is 3.78. The highest BCUT2D eigenvalue weighted by Crippen LogP contribution is 2.26. The molecule has 1 rings (SSSR count). The lowest BCUT2D eigenvalue weighted by atomic mass is 9.91. The van der Waals surface area contributed by atoms with Crippen molar-refractivity contribution in [3.05, 3.63) is 46.3 Å². The van der Waals surface area contributed by atoms with Crippen molar-refractivity contribution in [2.24, 2.45) is 16.4 Å². The molecule has 0 radical (unpaired) electrons. The molecular weight excluding hydrogens is 334 g/mol. The molecule has 0 aliphatic carbocycles. The normalized spacial score (nSPS) is 13.2. The van der Waals surface area contributed by atoms with E-state index in [1.165, 1.54) is 0 Å². The number of esters is 2. The predicted molar refractivity (Wildman–Crippen MR) is 98.1 cm³/mol. The van der Waals surface area contributed by atoms with Crippen LogP contribution < -0.4 is 0 Å². The van der Waals surface area contributed by atoms with E-state index in [4.69, 9.17) is 15.0 Å². The molecule has 0 aliphatic rings. The van der Waals surface area contributed by atoms with E-state index in [-0.39, 0.29) is 19.2 Å². The van der Waals surface area contributed by atoms with Gasteiger partial charge in [-0.2, -0.15) is 0 Å². The number of carbonyl (C=O) groups is 2. The first kappa shape index (κ1) is 21.5. The second-order valence-corrected chi connectivity index (χ2v) is 6.81. The van der Waals surface area contributed by atoms with Crippen LogP contribution >= 0.6 is 0 Å². The first-order chi connectivity index (χ1) is 12.3. The molecule has 26 heavy (non-hydrogen) atoms. The molecule has 1 aromatic carbocycles. The van der Waals surface area contributed by atoms with Gasteiger partial charge >= 0.3 is 11.9 Å². The predicted octanol–water partition coefficient (Wildman–Crippen LogP) is 4.59. The second-order valence-electron chi connectivity index (χ2n) is 6.81. The van der Waals surface area contributed by atoms with Crippen LogP contribution in [0.5, 0.6) is 0 Å². The molecule has 2 atom stereocenters. The Hall–Kier alpha value is -2.53. The van der Waals surface area contributed by atoms with Gasteiger partial charge in [-0.05, 0) is 37.8 Å². The average molecular weight is 361 g/mol. The second kappa shape index (κ2) is 10.5. The Kier molecular flexibility index (Phi) is 8.65. The van der Waals surface area contributed by atoms with E-state index in [1.54, 1.807) is 6.92 Å². The maximum atomic E-state index is 12.1. The fourth-order valence-corrected chi connectivity index (χ4v) is 2.18. The molecule has 1 aromatic rings. The van der Waals surface area contributed by atoms with Gasteiger partial charge in [0.05, 0.1) is 17.4 Å². The number of azide groups is 1. The van der Waals surface area contributed by atoms with Crippen LogP contribution in [0.25, 0.3) is 10.4 Å². The van der Waals surface area contributed by atoms with Crippen LogP contribution in [-0.2, 0) is 19.1 Å². The minimum Gasteiger partial charge on any atom is -0.462 e. The lowest BCUT2D eigenvalue weighted by molar-refractivity contribution is -0.160. The zero-order valence-electron chi connectivity index (χ0n) is 15.8. The van der Waals surface area contributed by atoms with E-state index >= 15 is 0 Å². The van der Waals surface area contributed by atoms with Crippen molar-refractivity contribution < 1.29 is 19.1 Å². The van der Waals surface area contributed by atoms with E-state index in [9.17, 15) is 9.59 Å². The summed E-state index contributed by atoms with van der Waals surface area (Å²) in [6, 6.07) is 8.84. The largest absolute Gasteiger partial charge is 0.462 e. The molecule has 0 spiro atoms. The van der Waals surface area contributed by atoms with Crippen molar-refractivity contribution in [2.45, 2.75) is 46.6 Å². The quantitative estimate of drug-likeness (QED) is 0.200. The Balaban J connectivity index is 2.47. The fraction of sp³-hybridized carbons (Fsp3) is 0.579. The van der Waals surface area contributed by atoms with Crippen molar-refractivity contribution in [2.75, 3.05) is 13.2 Å². The molecule has 0 fully saturated rings. The van der Waals surface area contributed by atoms with Gasteiger partial charge in [0.2, 0.25) is 0 Å². The van der Waals surface area contributed by atoms with E-state index in [0.29, 0.717) is 12.8 Å². The molecule has 0 amide bonds. The highest BCUT2D eigenvalue weighted by atomic mass is 16.6. The summed E-state index contributed by atoms with van der Waals surface area (Å²) in [4.78, 5) is 26.8. The standard InChI is InChI=1S/C19H27N3O4/c1-5-19(3,4)18(24)26-12-11-25-17(23)14(2)13-16(21-22-20)15-9-7-6-8-10-15/h6-10,14,16H,5,11-13H2,1-4H3. The molecule has 0 aliphatic heterocycles. The van der Waals surface area contributed by atoms with Gasteiger partial charge in [0, 0.05) is 4.91 Å². The van der Waals surface area contributed by atoms with Gasteiger partial charge in [0.25, 0.3) is 0 Å². The van der Waals surface area contributed by atoms with Crippen molar-refractivity contribution in [3.8, 4) is 0 Å². The van der Waals surface area contributed by atoms with Gasteiger partial charge in [-0.15, -0.1) is 0 Å². The SMILES string of the molecule is CCC(C)(C)C(=O)OCCOC(=O)C(C)CC(N=[N+]=[N-])c1ccccc1. The van der Waals surface area contributed by atoms with Crippen LogP contribution in [0.15, 0.2) is 35.4 Å². The summed E-state index contributed by atoms with van der Waals surface area (Å²) in [6.45, 7) is 7.28. The molecule has 7 heteroatoms. The number of ether oxygens (including phenoxy) is 2. The molecule has 7 nitrogen and oxygen atoms in total. The third-order valence-corrected chi connectivity index (χ3v) is 4.35. The number of hydrogen-bond donors (Lipinski definition) is 0. The maximum absolute atomic E-state index is 12.1. The van der Waals surface area contributed by atoms with Crippen LogP contribution in [0.1, 0.15) is 52.1 Å². The lowest BCUT2D eigenvalue weighted by Gasteiger charge is -2.20. The minimum atomic E-state index is -0.546. The summed E-state index contributed by atoms with van der Waals surface area (Å²) >= 11 is 0. The van der Waals surface area contributed by atoms with Crippen LogP contribution in [0.4, 0.5) is 0 Å². The molecule has 2 unspecified atom stereocenters. The molecule has 142 valence electrons. The number of nitrogens with zero attached hydrogens (tertiary/aromatic N) is 3. The summed E-state index contributed by atoms with van der Waals surface area (Å²) in [5.74, 6) is -1.17. The summed E-state index contributed by atoms with van der Waals surface area (Å²) in [7, 11) is 0. The average Bonchev–Trinajstić information content (AvgIpc) is 2.64. The topological polar surface area (TPSA) is 101 Å². The first-order valence-electron chi connectivity index (χ1n) is 8.74. The van der Waals surface area contributed by atoms with Crippen molar-refractivity contribution >= 4 is 11.9 Å². The van der Waals surface area contributed by atoms with Gasteiger partial charge in [-0.25, -0.2) is 0 Å². The monoisotopic (exact) mass is 361 g/mol. The van der Waals surface area contributed by atoms with Gasteiger partial charge in [0.15, 0.2) is 0 Å². The Labute approximate surface area is 154 Å². The van der Waals surface area contributed by atoms with E-state index in [1.807, 2.05) is 51.1 Å². The number of benzene rings is 1. The molecule has 0 saturated carbocycles. The summed E-state index contributed by atoms with van der Waals surface area (Å²) < 4.78 is 10.3. The fourth-order valence-electron chi connectivity index (χ4n) is 2.18. The Morgan fingerprint density at radius 2 is 1.81 bits per heavy atom. The van der Waals surface area contributed by atoms with Crippen molar-refractivity contribution in [3.63, 3.8) is 0 Å². The molecule has 0 saturated heterocycles. The van der Waals surface area contributed by atoms with Crippen LogP contribution in [-0.4, -0.2) is 25.2 Å². The smallest absolute Gasteiger partial charge is 0.311 e. The third-order valence-electron chi connectivity index (χ3n) is 4.35. The number of carbonyl (C=O) groups excluding carboxylic acids is 2. The van der Waals surface area contributed by atoms with Gasteiger partial charge < -0.3 is 9.47 Å². The van der Waals surface area contributed by atoms with E-state index in [0.717, 1.165) is 5.56 Å². The minimum absolute atomic E-state index is 0.00618. The third kappa shape index (κ3) is 6.76. The Bertz CT molecular complexity index is 639. The van der Waals surface area contributed by atoms with Crippen LogP contribution in [0, 0.1) is 11.3 Å². The molecule has 0 aromatic heterocycles. The molecular formula is C19H27N3O4. The number of hydrogen-bond acceptors (Lipinski definition) is 5. The van der Waals surface area contributed by atoms with Crippen molar-refractivity contribution in [1.29, 1.82) is 0 Å². The van der Waals surface area contributed by atoms with Gasteiger partial charge in [-0.1, -0.05) is 49.3 Å². The van der Waals surface area contributed by atoms with E-state index in [2.05, 4.69) is 10.0 Å².